The van der Waals surface area contributed by atoms with Gasteiger partial charge >= 0.3 is 0 Å². The van der Waals surface area contributed by atoms with Crippen LogP contribution >= 0.6 is 0 Å². The molecule has 0 heterocycles. The Balaban J connectivity index is 2.55. The van der Waals surface area contributed by atoms with Gasteiger partial charge in [-0.05, 0) is 30.5 Å². The summed E-state index contributed by atoms with van der Waals surface area (Å²) in [7, 11) is 1.48. The minimum absolute atomic E-state index is 0.0156. The Morgan fingerprint density at radius 1 is 1.40 bits per heavy atom. The lowest BCUT2D eigenvalue weighted by Gasteiger charge is -2.15. The van der Waals surface area contributed by atoms with Crippen LogP contribution in [0, 0.1) is 5.92 Å². The lowest BCUT2D eigenvalue weighted by molar-refractivity contribution is 0.0945. The van der Waals surface area contributed by atoms with Crippen molar-refractivity contribution in [3.05, 3.63) is 23.8 Å². The second-order valence-corrected chi connectivity index (χ2v) is 5.01. The summed E-state index contributed by atoms with van der Waals surface area (Å²) in [5, 5.41) is 12.6. The molecule has 0 spiro atoms. The molecular formula is C16H25NO3. The van der Waals surface area contributed by atoms with Gasteiger partial charge in [0.1, 0.15) is 0 Å². The summed E-state index contributed by atoms with van der Waals surface area (Å²) in [5.74, 6) is 0.720. The number of aromatic hydroxyl groups is 1. The molecule has 0 aromatic heterocycles. The van der Waals surface area contributed by atoms with Crippen LogP contribution in [0.25, 0.3) is 0 Å². The average molecular weight is 279 g/mol. The monoisotopic (exact) mass is 279 g/mol. The van der Waals surface area contributed by atoms with E-state index in [9.17, 15) is 9.90 Å². The molecule has 4 heteroatoms. The molecule has 1 rings (SSSR count). The van der Waals surface area contributed by atoms with Crippen molar-refractivity contribution < 1.29 is 14.6 Å². The largest absolute Gasteiger partial charge is 0.504 e. The van der Waals surface area contributed by atoms with Crippen molar-refractivity contribution in [2.75, 3.05) is 13.7 Å². The third-order valence-electron chi connectivity index (χ3n) is 3.54. The highest BCUT2D eigenvalue weighted by Gasteiger charge is 2.12. The van der Waals surface area contributed by atoms with E-state index < -0.39 is 0 Å². The first kappa shape index (κ1) is 16.3. The second kappa shape index (κ2) is 8.46. The highest BCUT2D eigenvalue weighted by molar-refractivity contribution is 5.94. The molecule has 0 radical (unpaired) electrons. The van der Waals surface area contributed by atoms with Gasteiger partial charge in [-0.3, -0.25) is 4.79 Å². The number of benzene rings is 1. The number of unbranched alkanes of at least 4 members (excludes halogenated alkanes) is 1. The summed E-state index contributed by atoms with van der Waals surface area (Å²) in [6, 6.07) is 4.68. The number of hydrogen-bond acceptors (Lipinski definition) is 3. The van der Waals surface area contributed by atoms with Gasteiger partial charge < -0.3 is 15.2 Å². The third kappa shape index (κ3) is 4.76. The number of rotatable bonds is 8. The van der Waals surface area contributed by atoms with Gasteiger partial charge in [0.2, 0.25) is 0 Å². The third-order valence-corrected chi connectivity index (χ3v) is 3.54. The van der Waals surface area contributed by atoms with Crippen LogP contribution in [0.15, 0.2) is 18.2 Å². The van der Waals surface area contributed by atoms with E-state index >= 15 is 0 Å². The molecule has 0 aliphatic rings. The number of phenols is 1. The van der Waals surface area contributed by atoms with Crippen LogP contribution in [0.2, 0.25) is 0 Å². The maximum absolute atomic E-state index is 12.0. The first-order valence-corrected chi connectivity index (χ1v) is 7.27. The van der Waals surface area contributed by atoms with E-state index in [-0.39, 0.29) is 11.7 Å². The van der Waals surface area contributed by atoms with Crippen LogP contribution in [0.4, 0.5) is 0 Å². The molecule has 0 saturated carbocycles. The molecule has 112 valence electrons. The molecular weight excluding hydrogens is 254 g/mol. The van der Waals surface area contributed by atoms with Crippen molar-refractivity contribution in [3.8, 4) is 11.5 Å². The Hall–Kier alpha value is -1.71. The van der Waals surface area contributed by atoms with Gasteiger partial charge in [-0.2, -0.15) is 0 Å². The van der Waals surface area contributed by atoms with Gasteiger partial charge in [-0.15, -0.1) is 0 Å². The van der Waals surface area contributed by atoms with E-state index in [0.717, 1.165) is 12.8 Å². The molecule has 1 unspecified atom stereocenters. The lowest BCUT2D eigenvalue weighted by atomic mass is 9.99. The van der Waals surface area contributed by atoms with Gasteiger partial charge in [0.15, 0.2) is 11.5 Å². The fourth-order valence-electron chi connectivity index (χ4n) is 2.11. The first-order valence-electron chi connectivity index (χ1n) is 7.27. The number of hydrogen-bond donors (Lipinski definition) is 2. The van der Waals surface area contributed by atoms with Crippen molar-refractivity contribution >= 4 is 5.91 Å². The number of carbonyl (C=O) groups excluding carboxylic acids is 1. The van der Waals surface area contributed by atoms with Crippen LogP contribution in [0.5, 0.6) is 11.5 Å². The van der Waals surface area contributed by atoms with Crippen molar-refractivity contribution in [1.29, 1.82) is 0 Å². The fraction of sp³-hybridized carbons (Fsp3) is 0.562. The van der Waals surface area contributed by atoms with Gasteiger partial charge in [0.05, 0.1) is 7.11 Å². The molecule has 1 amide bonds. The highest BCUT2D eigenvalue weighted by Crippen LogP contribution is 2.26. The summed E-state index contributed by atoms with van der Waals surface area (Å²) >= 11 is 0. The van der Waals surface area contributed by atoms with Gasteiger partial charge in [-0.1, -0.05) is 33.1 Å². The van der Waals surface area contributed by atoms with Gasteiger partial charge in [0, 0.05) is 12.1 Å². The lowest BCUT2D eigenvalue weighted by Crippen LogP contribution is -2.29. The first-order chi connectivity index (χ1) is 9.62. The fourth-order valence-corrected chi connectivity index (χ4v) is 2.11. The number of methoxy groups -OCH3 is 1. The molecule has 20 heavy (non-hydrogen) atoms. The second-order valence-electron chi connectivity index (χ2n) is 5.01. The average Bonchev–Trinajstić information content (AvgIpc) is 2.47. The van der Waals surface area contributed by atoms with Crippen molar-refractivity contribution in [2.24, 2.45) is 5.92 Å². The Kier molecular flexibility index (Phi) is 6.91. The minimum atomic E-state index is -0.155. The Morgan fingerprint density at radius 3 is 2.70 bits per heavy atom. The predicted molar refractivity (Wildman–Crippen MR) is 80.3 cm³/mol. The molecule has 0 aliphatic carbocycles. The minimum Gasteiger partial charge on any atom is -0.504 e. The zero-order chi connectivity index (χ0) is 15.0. The van der Waals surface area contributed by atoms with Crippen LogP contribution in [-0.2, 0) is 0 Å². The van der Waals surface area contributed by atoms with Crippen LogP contribution in [0.3, 0.4) is 0 Å². The van der Waals surface area contributed by atoms with E-state index in [0.29, 0.717) is 23.8 Å². The quantitative estimate of drug-likeness (QED) is 0.767. The molecule has 4 nitrogen and oxygen atoms in total. The summed E-state index contributed by atoms with van der Waals surface area (Å²) < 4.78 is 4.96. The zero-order valence-electron chi connectivity index (χ0n) is 12.6. The predicted octanol–water partition coefficient (Wildman–Crippen LogP) is 3.35. The highest BCUT2D eigenvalue weighted by atomic mass is 16.5. The molecule has 0 bridgehead atoms. The topological polar surface area (TPSA) is 58.6 Å². The number of carbonyl (C=O) groups is 1. The number of nitrogens with one attached hydrogen (secondary N) is 1. The van der Waals surface area contributed by atoms with E-state index in [1.807, 2.05) is 0 Å². The van der Waals surface area contributed by atoms with Crippen LogP contribution < -0.4 is 10.1 Å². The smallest absolute Gasteiger partial charge is 0.251 e. The Labute approximate surface area is 121 Å². The summed E-state index contributed by atoms with van der Waals surface area (Å²) in [6.07, 6.45) is 4.57. The van der Waals surface area contributed by atoms with E-state index in [2.05, 4.69) is 19.2 Å². The molecule has 1 aromatic rings. The van der Waals surface area contributed by atoms with Crippen molar-refractivity contribution in [3.63, 3.8) is 0 Å². The maximum atomic E-state index is 12.0. The molecule has 2 N–H and O–H groups in total. The van der Waals surface area contributed by atoms with E-state index in [1.165, 1.54) is 26.0 Å². The molecule has 1 atom stereocenters. The van der Waals surface area contributed by atoms with Crippen LogP contribution in [-0.4, -0.2) is 24.7 Å². The Bertz CT molecular complexity index is 432. The van der Waals surface area contributed by atoms with Gasteiger partial charge in [0.25, 0.3) is 5.91 Å². The van der Waals surface area contributed by atoms with E-state index in [1.54, 1.807) is 12.1 Å². The number of ether oxygens (including phenoxy) is 1. The van der Waals surface area contributed by atoms with E-state index in [4.69, 9.17) is 4.74 Å². The summed E-state index contributed by atoms with van der Waals surface area (Å²) in [5.41, 5.74) is 0.452. The standard InChI is InChI=1S/C16H25NO3/c1-4-6-7-12(5-2)11-17-16(19)13-8-9-15(20-3)14(18)10-13/h8-10,12,18H,4-7,11H2,1-3H3,(H,17,19). The summed E-state index contributed by atoms with van der Waals surface area (Å²) in [4.78, 5) is 12.0. The van der Waals surface area contributed by atoms with Crippen LogP contribution in [0.1, 0.15) is 49.9 Å². The molecule has 0 saturated heterocycles. The van der Waals surface area contributed by atoms with Crippen molar-refractivity contribution in [1.82, 2.24) is 5.32 Å². The SMILES string of the molecule is CCCCC(CC)CNC(=O)c1ccc(OC)c(O)c1. The number of phenolic OH excluding ortho intramolecular Hbond substituents is 1. The zero-order valence-corrected chi connectivity index (χ0v) is 12.6. The number of amides is 1. The van der Waals surface area contributed by atoms with Gasteiger partial charge in [-0.25, -0.2) is 0 Å². The molecule has 0 fully saturated rings. The maximum Gasteiger partial charge on any atom is 0.251 e. The van der Waals surface area contributed by atoms with Crippen molar-refractivity contribution in [2.45, 2.75) is 39.5 Å². The normalized spacial score (nSPS) is 11.9. The molecule has 0 aliphatic heterocycles. The molecule has 1 aromatic carbocycles. The Morgan fingerprint density at radius 2 is 2.15 bits per heavy atom. The summed E-state index contributed by atoms with van der Waals surface area (Å²) in [6.45, 7) is 5.00.